The summed E-state index contributed by atoms with van der Waals surface area (Å²) in [5, 5.41) is 5.24. The molecule has 0 atom stereocenters. The molecule has 1 amide bonds. The third-order valence-corrected chi connectivity index (χ3v) is 6.50. The molecule has 0 N–H and O–H groups in total. The van der Waals surface area contributed by atoms with Gasteiger partial charge < -0.3 is 19.1 Å². The zero-order valence-electron chi connectivity index (χ0n) is 18.3. The Balaban J connectivity index is 1.34. The molecule has 0 saturated carbocycles. The number of anilines is 1. The van der Waals surface area contributed by atoms with Gasteiger partial charge in [0.05, 0.1) is 29.5 Å². The first-order valence-electron chi connectivity index (χ1n) is 10.8. The summed E-state index contributed by atoms with van der Waals surface area (Å²) in [6, 6.07) is 20.0. The van der Waals surface area contributed by atoms with E-state index in [1.807, 2.05) is 53.9 Å². The Labute approximate surface area is 196 Å². The van der Waals surface area contributed by atoms with Crippen molar-refractivity contribution < 1.29 is 19.0 Å². The Morgan fingerprint density at radius 3 is 2.88 bits per heavy atom. The van der Waals surface area contributed by atoms with Crippen LogP contribution in [0.2, 0.25) is 0 Å². The van der Waals surface area contributed by atoms with Gasteiger partial charge in [0.2, 0.25) is 0 Å². The third kappa shape index (κ3) is 4.55. The van der Waals surface area contributed by atoms with E-state index in [1.54, 1.807) is 23.3 Å². The van der Waals surface area contributed by atoms with Crippen LogP contribution in [0.5, 0.6) is 11.5 Å². The Kier molecular flexibility index (Phi) is 6.24. The van der Waals surface area contributed by atoms with Crippen LogP contribution in [0.25, 0.3) is 22.0 Å². The first-order valence-corrected chi connectivity index (χ1v) is 11.7. The number of ether oxygens (including phenoxy) is 3. The quantitative estimate of drug-likeness (QED) is 0.372. The molecular formula is C26H24N2O4S. The maximum absolute atomic E-state index is 12.7. The van der Waals surface area contributed by atoms with Gasteiger partial charge in [-0.3, -0.25) is 4.79 Å². The van der Waals surface area contributed by atoms with E-state index in [9.17, 15) is 4.79 Å². The standard InChI is InChI=1S/C26H24N2O4S/c1-30-13-11-25-27-21(17-33-25)19-9-10-24-22(15-19)28(26(29)16-32-24)12-14-31-23-8-4-6-18-5-2-3-7-20(18)23/h2-10,15,17H,11-14,16H2,1H3. The van der Waals surface area contributed by atoms with E-state index in [1.165, 1.54) is 0 Å². The van der Waals surface area contributed by atoms with Gasteiger partial charge in [-0.05, 0) is 29.7 Å². The summed E-state index contributed by atoms with van der Waals surface area (Å²) in [6.45, 7) is 1.47. The van der Waals surface area contributed by atoms with E-state index in [0.29, 0.717) is 25.5 Å². The van der Waals surface area contributed by atoms with Crippen LogP contribution in [0.4, 0.5) is 5.69 Å². The van der Waals surface area contributed by atoms with Crippen molar-refractivity contribution in [2.45, 2.75) is 6.42 Å². The van der Waals surface area contributed by atoms with E-state index in [4.69, 9.17) is 19.2 Å². The molecule has 4 aromatic rings. The number of nitrogens with zero attached hydrogens (tertiary/aromatic N) is 2. The lowest BCUT2D eigenvalue weighted by Crippen LogP contribution is -2.41. The highest BCUT2D eigenvalue weighted by atomic mass is 32.1. The zero-order valence-corrected chi connectivity index (χ0v) is 19.1. The molecule has 1 aliphatic rings. The Hall–Kier alpha value is -3.42. The fourth-order valence-corrected chi connectivity index (χ4v) is 4.71. The number of methoxy groups -OCH3 is 1. The lowest BCUT2D eigenvalue weighted by molar-refractivity contribution is -0.121. The maximum Gasteiger partial charge on any atom is 0.265 e. The molecule has 0 bridgehead atoms. The first kappa shape index (κ1) is 21.4. The molecule has 2 heterocycles. The van der Waals surface area contributed by atoms with Gasteiger partial charge in [-0.25, -0.2) is 4.98 Å². The maximum atomic E-state index is 12.7. The number of benzene rings is 3. The minimum Gasteiger partial charge on any atom is -0.491 e. The van der Waals surface area contributed by atoms with Crippen molar-refractivity contribution in [3.63, 3.8) is 0 Å². The minimum absolute atomic E-state index is 0.0263. The smallest absolute Gasteiger partial charge is 0.265 e. The van der Waals surface area contributed by atoms with Crippen molar-refractivity contribution in [2.75, 3.05) is 38.4 Å². The van der Waals surface area contributed by atoms with Crippen molar-refractivity contribution in [1.82, 2.24) is 4.98 Å². The number of fused-ring (bicyclic) bond motifs is 2. The topological polar surface area (TPSA) is 60.9 Å². The van der Waals surface area contributed by atoms with E-state index < -0.39 is 0 Å². The van der Waals surface area contributed by atoms with Crippen molar-refractivity contribution in [2.24, 2.45) is 0 Å². The number of carbonyl (C=O) groups is 1. The monoisotopic (exact) mass is 460 g/mol. The van der Waals surface area contributed by atoms with Crippen molar-refractivity contribution >= 4 is 33.7 Å². The molecule has 0 spiro atoms. The molecule has 0 unspecified atom stereocenters. The van der Waals surface area contributed by atoms with Gasteiger partial charge in [0.1, 0.15) is 18.1 Å². The highest BCUT2D eigenvalue weighted by Crippen LogP contribution is 2.36. The third-order valence-electron chi connectivity index (χ3n) is 5.59. The number of aromatic nitrogens is 1. The van der Waals surface area contributed by atoms with E-state index >= 15 is 0 Å². The van der Waals surface area contributed by atoms with Gasteiger partial charge in [-0.1, -0.05) is 36.4 Å². The summed E-state index contributed by atoms with van der Waals surface area (Å²) in [5.74, 6) is 1.42. The summed E-state index contributed by atoms with van der Waals surface area (Å²) >= 11 is 1.61. The van der Waals surface area contributed by atoms with Crippen LogP contribution in [-0.4, -0.2) is 44.4 Å². The number of amides is 1. The van der Waals surface area contributed by atoms with Gasteiger partial charge in [-0.15, -0.1) is 11.3 Å². The lowest BCUT2D eigenvalue weighted by Gasteiger charge is -2.29. The Morgan fingerprint density at radius 1 is 1.09 bits per heavy atom. The highest BCUT2D eigenvalue weighted by molar-refractivity contribution is 7.09. The predicted octanol–water partition coefficient (Wildman–Crippen LogP) is 4.96. The van der Waals surface area contributed by atoms with Crippen LogP contribution in [-0.2, 0) is 16.0 Å². The fourth-order valence-electron chi connectivity index (χ4n) is 3.92. The summed E-state index contributed by atoms with van der Waals surface area (Å²) in [4.78, 5) is 19.2. The second-order valence-electron chi connectivity index (χ2n) is 7.71. The molecule has 0 saturated heterocycles. The van der Waals surface area contributed by atoms with Crippen LogP contribution < -0.4 is 14.4 Å². The van der Waals surface area contributed by atoms with E-state index in [2.05, 4.69) is 12.1 Å². The van der Waals surface area contributed by atoms with Crippen LogP contribution in [0.3, 0.4) is 0 Å². The Bertz CT molecular complexity index is 1280. The van der Waals surface area contributed by atoms with Gasteiger partial charge in [0, 0.05) is 29.9 Å². The minimum atomic E-state index is -0.0831. The average molecular weight is 461 g/mol. The first-order chi connectivity index (χ1) is 16.2. The molecule has 1 aromatic heterocycles. The fraction of sp³-hybridized carbons (Fsp3) is 0.231. The summed E-state index contributed by atoms with van der Waals surface area (Å²) in [6.07, 6.45) is 0.783. The number of hydrogen-bond acceptors (Lipinski definition) is 6. The molecule has 6 nitrogen and oxygen atoms in total. The van der Waals surface area contributed by atoms with Gasteiger partial charge >= 0.3 is 0 Å². The average Bonchev–Trinajstić information content (AvgIpc) is 3.33. The number of hydrogen-bond donors (Lipinski definition) is 0. The zero-order chi connectivity index (χ0) is 22.6. The molecule has 0 aliphatic carbocycles. The molecule has 7 heteroatoms. The van der Waals surface area contributed by atoms with E-state index in [0.717, 1.165) is 44.9 Å². The Morgan fingerprint density at radius 2 is 1.97 bits per heavy atom. The van der Waals surface area contributed by atoms with Crippen LogP contribution in [0.15, 0.2) is 66.0 Å². The SMILES string of the molecule is COCCc1nc(-c2ccc3c(c2)N(CCOc2cccc4ccccc24)C(=O)CO3)cs1. The van der Waals surface area contributed by atoms with Crippen molar-refractivity contribution in [3.8, 4) is 22.8 Å². The molecule has 168 valence electrons. The van der Waals surface area contributed by atoms with Crippen LogP contribution >= 0.6 is 11.3 Å². The van der Waals surface area contributed by atoms with Crippen LogP contribution in [0, 0.1) is 0 Å². The largest absolute Gasteiger partial charge is 0.491 e. The highest BCUT2D eigenvalue weighted by Gasteiger charge is 2.26. The van der Waals surface area contributed by atoms with Gasteiger partial charge in [0.15, 0.2) is 6.61 Å². The predicted molar refractivity (Wildman–Crippen MR) is 130 cm³/mol. The van der Waals surface area contributed by atoms with Gasteiger partial charge in [-0.2, -0.15) is 0 Å². The molecule has 5 rings (SSSR count). The summed E-state index contributed by atoms with van der Waals surface area (Å²) in [5.41, 5.74) is 2.59. The molecule has 33 heavy (non-hydrogen) atoms. The molecular weight excluding hydrogens is 436 g/mol. The van der Waals surface area contributed by atoms with Crippen molar-refractivity contribution in [3.05, 3.63) is 71.1 Å². The van der Waals surface area contributed by atoms with E-state index in [-0.39, 0.29) is 12.5 Å². The second-order valence-corrected chi connectivity index (χ2v) is 8.65. The summed E-state index contributed by atoms with van der Waals surface area (Å²) in [7, 11) is 1.69. The van der Waals surface area contributed by atoms with Gasteiger partial charge in [0.25, 0.3) is 5.91 Å². The molecule has 0 fully saturated rings. The van der Waals surface area contributed by atoms with Crippen LogP contribution in [0.1, 0.15) is 5.01 Å². The molecule has 3 aromatic carbocycles. The summed E-state index contributed by atoms with van der Waals surface area (Å²) < 4.78 is 16.9. The number of thiazole rings is 1. The van der Waals surface area contributed by atoms with Crippen molar-refractivity contribution in [1.29, 1.82) is 0 Å². The lowest BCUT2D eigenvalue weighted by atomic mass is 10.1. The number of carbonyl (C=O) groups excluding carboxylic acids is 1. The second kappa shape index (κ2) is 9.60. The normalized spacial score (nSPS) is 13.1. The number of rotatable bonds is 8. The molecule has 1 aliphatic heterocycles. The molecule has 0 radical (unpaired) electrons.